The molecular formula is C17H20N2O2. The maximum atomic E-state index is 11.0. The Kier molecular flexibility index (Phi) is 4.70. The third-order valence-electron chi connectivity index (χ3n) is 3.75. The molecule has 4 heteroatoms. The summed E-state index contributed by atoms with van der Waals surface area (Å²) in [5.74, 6) is 0. The molecule has 2 aromatic rings. The van der Waals surface area contributed by atoms with Gasteiger partial charge in [0.15, 0.2) is 0 Å². The van der Waals surface area contributed by atoms with Gasteiger partial charge >= 0.3 is 0 Å². The van der Waals surface area contributed by atoms with E-state index in [0.717, 1.165) is 11.1 Å². The average Bonchev–Trinajstić information content (AvgIpc) is 2.45. The Labute approximate surface area is 125 Å². The quantitative estimate of drug-likeness (QED) is 0.665. The van der Waals surface area contributed by atoms with Gasteiger partial charge in [0.1, 0.15) is 0 Å². The van der Waals surface area contributed by atoms with E-state index in [0.29, 0.717) is 6.54 Å². The summed E-state index contributed by atoms with van der Waals surface area (Å²) in [5.41, 5.74) is 4.32. The highest BCUT2D eigenvalue weighted by Crippen LogP contribution is 2.22. The van der Waals surface area contributed by atoms with Crippen LogP contribution in [0.1, 0.15) is 35.2 Å². The summed E-state index contributed by atoms with van der Waals surface area (Å²) in [4.78, 5) is 10.6. The molecule has 0 heterocycles. The van der Waals surface area contributed by atoms with Crippen LogP contribution < -0.4 is 5.32 Å². The zero-order valence-corrected chi connectivity index (χ0v) is 12.6. The van der Waals surface area contributed by atoms with Crippen LogP contribution in [0.3, 0.4) is 0 Å². The summed E-state index contributed by atoms with van der Waals surface area (Å²) in [6, 6.07) is 13.8. The second-order valence-electron chi connectivity index (χ2n) is 5.34. The normalized spacial score (nSPS) is 12.1. The number of nitro groups is 1. The van der Waals surface area contributed by atoms with Crippen molar-refractivity contribution in [3.8, 4) is 0 Å². The first-order valence-corrected chi connectivity index (χ1v) is 7.02. The van der Waals surface area contributed by atoms with E-state index in [-0.39, 0.29) is 16.7 Å². The van der Waals surface area contributed by atoms with Crippen molar-refractivity contribution in [2.24, 2.45) is 0 Å². The van der Waals surface area contributed by atoms with Crippen molar-refractivity contribution in [3.05, 3.63) is 74.8 Å². The van der Waals surface area contributed by atoms with Crippen LogP contribution in [0.5, 0.6) is 0 Å². The zero-order valence-electron chi connectivity index (χ0n) is 12.6. The molecule has 1 atom stereocenters. The molecule has 0 saturated carbocycles. The van der Waals surface area contributed by atoms with Crippen molar-refractivity contribution in [1.82, 2.24) is 5.32 Å². The molecule has 0 spiro atoms. The molecule has 0 radical (unpaired) electrons. The molecule has 110 valence electrons. The second-order valence-corrected chi connectivity index (χ2v) is 5.34. The maximum absolute atomic E-state index is 11.0. The molecule has 0 amide bonds. The van der Waals surface area contributed by atoms with Crippen molar-refractivity contribution in [2.75, 3.05) is 0 Å². The molecule has 0 unspecified atom stereocenters. The van der Waals surface area contributed by atoms with E-state index in [1.54, 1.807) is 19.1 Å². The molecule has 21 heavy (non-hydrogen) atoms. The van der Waals surface area contributed by atoms with Crippen LogP contribution >= 0.6 is 0 Å². The van der Waals surface area contributed by atoms with Gasteiger partial charge in [-0.25, -0.2) is 0 Å². The molecule has 0 fully saturated rings. The fourth-order valence-corrected chi connectivity index (χ4v) is 2.38. The van der Waals surface area contributed by atoms with Gasteiger partial charge in [-0.05, 0) is 31.9 Å². The largest absolute Gasteiger partial charge is 0.306 e. The monoisotopic (exact) mass is 284 g/mol. The first-order chi connectivity index (χ1) is 9.99. The Morgan fingerprint density at radius 3 is 2.57 bits per heavy atom. The molecule has 0 aromatic heterocycles. The van der Waals surface area contributed by atoms with Gasteiger partial charge in [0, 0.05) is 24.2 Å². The van der Waals surface area contributed by atoms with Crippen molar-refractivity contribution >= 4 is 5.69 Å². The van der Waals surface area contributed by atoms with E-state index < -0.39 is 0 Å². The van der Waals surface area contributed by atoms with Gasteiger partial charge in [-0.2, -0.15) is 0 Å². The van der Waals surface area contributed by atoms with Gasteiger partial charge in [-0.1, -0.05) is 42.0 Å². The van der Waals surface area contributed by atoms with Crippen LogP contribution in [0.2, 0.25) is 0 Å². The Hall–Kier alpha value is -2.20. The maximum Gasteiger partial charge on any atom is 0.272 e. The molecule has 0 aliphatic heterocycles. The number of hydrogen-bond donors (Lipinski definition) is 1. The summed E-state index contributed by atoms with van der Waals surface area (Å²) >= 11 is 0. The molecule has 0 aliphatic rings. The van der Waals surface area contributed by atoms with E-state index in [1.165, 1.54) is 11.1 Å². The fourth-order valence-electron chi connectivity index (χ4n) is 2.38. The van der Waals surface area contributed by atoms with Crippen molar-refractivity contribution in [1.29, 1.82) is 0 Å². The first kappa shape index (κ1) is 15.2. The lowest BCUT2D eigenvalue weighted by molar-refractivity contribution is -0.385. The van der Waals surface area contributed by atoms with E-state index in [4.69, 9.17) is 0 Å². The summed E-state index contributed by atoms with van der Waals surface area (Å²) in [5, 5.41) is 14.4. The number of benzene rings is 2. The molecule has 0 bridgehead atoms. The third kappa shape index (κ3) is 3.67. The topological polar surface area (TPSA) is 55.2 Å². The lowest BCUT2D eigenvalue weighted by Gasteiger charge is -2.16. The van der Waals surface area contributed by atoms with Gasteiger partial charge in [-0.3, -0.25) is 10.1 Å². The van der Waals surface area contributed by atoms with Gasteiger partial charge in [0.05, 0.1) is 4.92 Å². The second kappa shape index (κ2) is 6.50. The average molecular weight is 284 g/mol. The highest BCUT2D eigenvalue weighted by atomic mass is 16.6. The van der Waals surface area contributed by atoms with E-state index in [9.17, 15) is 10.1 Å². The molecule has 0 aliphatic carbocycles. The van der Waals surface area contributed by atoms with Crippen LogP contribution in [0.15, 0.2) is 42.5 Å². The van der Waals surface area contributed by atoms with Gasteiger partial charge in [0.25, 0.3) is 5.69 Å². The summed E-state index contributed by atoms with van der Waals surface area (Å²) < 4.78 is 0. The molecule has 0 saturated heterocycles. The number of nitro benzene ring substituents is 1. The Balaban J connectivity index is 2.10. The minimum atomic E-state index is -0.331. The van der Waals surface area contributed by atoms with Crippen LogP contribution in [0.25, 0.3) is 0 Å². The van der Waals surface area contributed by atoms with Gasteiger partial charge in [-0.15, -0.1) is 0 Å². The lowest BCUT2D eigenvalue weighted by atomic mass is 10.0. The van der Waals surface area contributed by atoms with Gasteiger partial charge < -0.3 is 5.32 Å². The highest BCUT2D eigenvalue weighted by Gasteiger charge is 2.13. The molecule has 4 nitrogen and oxygen atoms in total. The molecular weight excluding hydrogens is 264 g/mol. The fraction of sp³-hybridized carbons (Fsp3) is 0.294. The Bertz CT molecular complexity index is 653. The van der Waals surface area contributed by atoms with Crippen molar-refractivity contribution in [2.45, 2.75) is 33.4 Å². The van der Waals surface area contributed by atoms with Gasteiger partial charge in [0.2, 0.25) is 0 Å². The number of nitrogens with zero attached hydrogens (tertiary/aromatic N) is 1. The minimum absolute atomic E-state index is 0.178. The SMILES string of the molecule is Cc1cccc([C@H](C)NCc2cccc([N+](=O)[O-])c2C)c1. The summed E-state index contributed by atoms with van der Waals surface area (Å²) in [7, 11) is 0. The molecule has 2 aromatic carbocycles. The lowest BCUT2D eigenvalue weighted by Crippen LogP contribution is -2.18. The smallest absolute Gasteiger partial charge is 0.272 e. The summed E-state index contributed by atoms with van der Waals surface area (Å²) in [6.07, 6.45) is 0. The molecule has 1 N–H and O–H groups in total. The number of nitrogens with one attached hydrogen (secondary N) is 1. The minimum Gasteiger partial charge on any atom is -0.306 e. The number of aryl methyl sites for hydroxylation is 1. The van der Waals surface area contributed by atoms with Crippen molar-refractivity contribution in [3.63, 3.8) is 0 Å². The number of hydrogen-bond acceptors (Lipinski definition) is 3. The zero-order chi connectivity index (χ0) is 15.4. The van der Waals surface area contributed by atoms with Crippen LogP contribution in [0.4, 0.5) is 5.69 Å². The number of rotatable bonds is 5. The Morgan fingerprint density at radius 1 is 1.19 bits per heavy atom. The Morgan fingerprint density at radius 2 is 1.90 bits per heavy atom. The predicted molar refractivity (Wildman–Crippen MR) is 84.3 cm³/mol. The first-order valence-electron chi connectivity index (χ1n) is 7.02. The standard InChI is InChI=1S/C17H20N2O2/c1-12-6-4-7-15(10-12)14(3)18-11-16-8-5-9-17(13(16)2)19(20)21/h4-10,14,18H,11H2,1-3H3/t14-/m0/s1. The summed E-state index contributed by atoms with van der Waals surface area (Å²) in [6.45, 7) is 6.58. The third-order valence-corrected chi connectivity index (χ3v) is 3.75. The van der Waals surface area contributed by atoms with E-state index in [1.807, 2.05) is 12.1 Å². The van der Waals surface area contributed by atoms with Crippen LogP contribution in [-0.2, 0) is 6.54 Å². The highest BCUT2D eigenvalue weighted by molar-refractivity contribution is 5.44. The van der Waals surface area contributed by atoms with E-state index >= 15 is 0 Å². The van der Waals surface area contributed by atoms with E-state index in [2.05, 4.69) is 37.4 Å². The van der Waals surface area contributed by atoms with Crippen LogP contribution in [-0.4, -0.2) is 4.92 Å². The predicted octanol–water partition coefficient (Wildman–Crippen LogP) is 4.06. The van der Waals surface area contributed by atoms with Crippen molar-refractivity contribution < 1.29 is 4.92 Å². The molecule has 2 rings (SSSR count). The van der Waals surface area contributed by atoms with Crippen LogP contribution in [0, 0.1) is 24.0 Å².